The van der Waals surface area contributed by atoms with Crippen molar-refractivity contribution in [3.05, 3.63) is 101 Å². The number of hydrogen-bond donors (Lipinski definition) is 4. The van der Waals surface area contributed by atoms with E-state index < -0.39 is 21.6 Å². The maximum Gasteiger partial charge on any atom is 0.258 e. The van der Waals surface area contributed by atoms with Gasteiger partial charge in [0, 0.05) is 14.1 Å². The highest BCUT2D eigenvalue weighted by atomic mass is 32.2. The third-order valence-electron chi connectivity index (χ3n) is 5.54. The molecule has 4 rings (SSSR count). The van der Waals surface area contributed by atoms with E-state index in [1.807, 2.05) is 6.92 Å². The number of aryl methyl sites for hydroxylation is 1. The van der Waals surface area contributed by atoms with Crippen LogP contribution in [0.4, 0.5) is 21.6 Å². The second-order valence-corrected chi connectivity index (χ2v) is 10.2. The van der Waals surface area contributed by atoms with Crippen molar-refractivity contribution < 1.29 is 20.5 Å². The van der Waals surface area contributed by atoms with E-state index in [0.29, 0.717) is 28.2 Å². The monoisotopic (exact) mass is 509 g/mol. The molecule has 0 fully saturated rings. The first kappa shape index (κ1) is 24.8. The molecule has 0 radical (unpaired) electrons. The number of pyridine rings is 1. The Morgan fingerprint density at radius 1 is 1.00 bits per heavy atom. The van der Waals surface area contributed by atoms with Crippen LogP contribution in [0.3, 0.4) is 0 Å². The third-order valence-corrected chi connectivity index (χ3v) is 7.24. The second kappa shape index (κ2) is 10.1. The standard InChI is InChI=1S/C26H24FN5O3S.2H2/c1-16-2-9-20(10-3-16)36(34,35)15-17-4-7-19(8-5-17)30-26(33)21-14-18(6-11-22(21)27)23-12-13-24(32-29)25(28)31-23;;/h2-14,32H,15,29H2,1H3,(H2,28,31)(H,30,33);2*1H. The molecule has 0 aliphatic heterocycles. The first-order chi connectivity index (χ1) is 17.2. The highest BCUT2D eigenvalue weighted by Crippen LogP contribution is 2.25. The lowest BCUT2D eigenvalue weighted by Gasteiger charge is -2.10. The highest BCUT2D eigenvalue weighted by molar-refractivity contribution is 7.90. The van der Waals surface area contributed by atoms with E-state index in [1.54, 1.807) is 60.7 Å². The van der Waals surface area contributed by atoms with Gasteiger partial charge in [-0.2, -0.15) is 0 Å². The summed E-state index contributed by atoms with van der Waals surface area (Å²) in [4.78, 5) is 17.3. The van der Waals surface area contributed by atoms with Gasteiger partial charge in [0.15, 0.2) is 9.84 Å². The van der Waals surface area contributed by atoms with Crippen molar-refractivity contribution in [1.29, 1.82) is 0 Å². The molecule has 0 atom stereocenters. The van der Waals surface area contributed by atoms with Crippen LogP contribution >= 0.6 is 0 Å². The van der Waals surface area contributed by atoms with Crippen molar-refractivity contribution in [2.45, 2.75) is 17.6 Å². The van der Waals surface area contributed by atoms with Gasteiger partial charge in [0.1, 0.15) is 11.6 Å². The van der Waals surface area contributed by atoms with Gasteiger partial charge in [-0.05, 0) is 67.1 Å². The fourth-order valence-corrected chi connectivity index (χ4v) is 4.90. The maximum absolute atomic E-state index is 14.5. The molecule has 4 aromatic rings. The molecule has 188 valence electrons. The van der Waals surface area contributed by atoms with Crippen LogP contribution < -0.4 is 22.3 Å². The third kappa shape index (κ3) is 5.51. The predicted molar refractivity (Wildman–Crippen MR) is 143 cm³/mol. The van der Waals surface area contributed by atoms with Gasteiger partial charge in [-0.25, -0.2) is 17.8 Å². The number of carbonyl (C=O) groups is 1. The van der Waals surface area contributed by atoms with Gasteiger partial charge in [0.05, 0.1) is 27.6 Å². The molecular weight excluding hydrogens is 481 g/mol. The smallest absolute Gasteiger partial charge is 0.258 e. The van der Waals surface area contributed by atoms with Crippen molar-refractivity contribution in [3.8, 4) is 11.3 Å². The van der Waals surface area contributed by atoms with Gasteiger partial charge in [-0.3, -0.25) is 10.6 Å². The van der Waals surface area contributed by atoms with Crippen molar-refractivity contribution in [3.63, 3.8) is 0 Å². The van der Waals surface area contributed by atoms with E-state index in [2.05, 4.69) is 15.7 Å². The van der Waals surface area contributed by atoms with Crippen LogP contribution in [0.25, 0.3) is 11.3 Å². The van der Waals surface area contributed by atoms with Crippen molar-refractivity contribution in [2.75, 3.05) is 16.5 Å². The zero-order valence-corrected chi connectivity index (χ0v) is 20.1. The van der Waals surface area contributed by atoms with Gasteiger partial charge >= 0.3 is 0 Å². The van der Waals surface area contributed by atoms with E-state index in [1.165, 1.54) is 18.2 Å². The van der Waals surface area contributed by atoms with E-state index >= 15 is 0 Å². The number of halogens is 1. The van der Waals surface area contributed by atoms with E-state index in [0.717, 1.165) is 5.56 Å². The number of rotatable bonds is 7. The van der Waals surface area contributed by atoms with Crippen LogP contribution in [0.5, 0.6) is 0 Å². The Bertz CT molecular complexity index is 1530. The van der Waals surface area contributed by atoms with Crippen LogP contribution in [0.15, 0.2) is 83.8 Å². The number of carbonyl (C=O) groups excluding carboxylic acids is 1. The van der Waals surface area contributed by atoms with Gasteiger partial charge in [-0.1, -0.05) is 29.8 Å². The molecule has 1 heterocycles. The highest BCUT2D eigenvalue weighted by Gasteiger charge is 2.17. The largest absolute Gasteiger partial charge is 0.382 e. The van der Waals surface area contributed by atoms with Crippen molar-refractivity contribution >= 4 is 32.9 Å². The van der Waals surface area contributed by atoms with Crippen LogP contribution in [-0.2, 0) is 15.6 Å². The minimum atomic E-state index is -3.52. The number of benzene rings is 3. The molecule has 0 bridgehead atoms. The van der Waals surface area contributed by atoms with E-state index in [9.17, 15) is 17.6 Å². The summed E-state index contributed by atoms with van der Waals surface area (Å²) in [6.45, 7) is 1.88. The number of anilines is 3. The average molecular weight is 510 g/mol. The number of hydrazine groups is 1. The fourth-order valence-electron chi connectivity index (χ4n) is 3.55. The normalized spacial score (nSPS) is 11.2. The van der Waals surface area contributed by atoms with Crippen LogP contribution in [0.1, 0.15) is 24.3 Å². The van der Waals surface area contributed by atoms with Gasteiger partial charge < -0.3 is 16.5 Å². The summed E-state index contributed by atoms with van der Waals surface area (Å²) in [5, 5.41) is 2.64. The second-order valence-electron chi connectivity index (χ2n) is 8.19. The Balaban J connectivity index is 0.00000253. The number of nitrogens with zero attached hydrogens (tertiary/aromatic N) is 1. The van der Waals surface area contributed by atoms with Crippen LogP contribution in [-0.4, -0.2) is 19.3 Å². The lowest BCUT2D eigenvalue weighted by Crippen LogP contribution is -2.14. The first-order valence-corrected chi connectivity index (χ1v) is 12.5. The molecule has 8 nitrogen and oxygen atoms in total. The molecule has 0 aliphatic carbocycles. The SMILES string of the molecule is Cc1ccc(S(=O)(=O)Cc2ccc(NC(=O)c3cc(-c4ccc(NN)c(N)n4)ccc3F)cc2)cc1.[HH].[HH]. The number of nitrogens with two attached hydrogens (primary N) is 2. The lowest BCUT2D eigenvalue weighted by atomic mass is 10.1. The summed E-state index contributed by atoms with van der Waals surface area (Å²) in [5.41, 5.74) is 11.4. The number of nitrogen functional groups attached to an aromatic ring is 2. The number of amides is 1. The Labute approximate surface area is 211 Å². The molecule has 0 aliphatic rings. The van der Waals surface area contributed by atoms with Crippen molar-refractivity contribution in [1.82, 2.24) is 4.98 Å². The summed E-state index contributed by atoms with van der Waals surface area (Å²) in [6.07, 6.45) is 0. The molecule has 10 heteroatoms. The topological polar surface area (TPSA) is 140 Å². The summed E-state index contributed by atoms with van der Waals surface area (Å²) in [5.74, 6) is 3.97. The van der Waals surface area contributed by atoms with Crippen LogP contribution in [0, 0.1) is 12.7 Å². The van der Waals surface area contributed by atoms with E-state index in [4.69, 9.17) is 11.6 Å². The Morgan fingerprint density at radius 2 is 1.69 bits per heavy atom. The molecule has 3 aromatic carbocycles. The first-order valence-electron chi connectivity index (χ1n) is 10.9. The molecule has 1 amide bonds. The molecule has 0 saturated heterocycles. The molecule has 1 aromatic heterocycles. The van der Waals surface area contributed by atoms with E-state index in [-0.39, 0.29) is 24.9 Å². The molecule has 36 heavy (non-hydrogen) atoms. The zero-order chi connectivity index (χ0) is 25.9. The Morgan fingerprint density at radius 3 is 2.33 bits per heavy atom. The number of sulfone groups is 1. The average Bonchev–Trinajstić information content (AvgIpc) is 2.85. The van der Waals surface area contributed by atoms with Gasteiger partial charge in [0.2, 0.25) is 0 Å². The summed E-state index contributed by atoms with van der Waals surface area (Å²) in [7, 11) is -3.52. The Hall–Kier alpha value is -4.28. The Kier molecular flexibility index (Phi) is 7.00. The quantitative estimate of drug-likeness (QED) is 0.207. The number of aromatic nitrogens is 1. The maximum atomic E-state index is 14.5. The van der Waals surface area contributed by atoms with Crippen molar-refractivity contribution in [2.24, 2.45) is 5.84 Å². The number of hydrogen-bond acceptors (Lipinski definition) is 7. The van der Waals surface area contributed by atoms with Gasteiger partial charge in [0.25, 0.3) is 5.91 Å². The fraction of sp³-hybridized carbons (Fsp3) is 0.0769. The van der Waals surface area contributed by atoms with Gasteiger partial charge in [-0.15, -0.1) is 0 Å². The predicted octanol–water partition coefficient (Wildman–Crippen LogP) is 4.78. The summed E-state index contributed by atoms with van der Waals surface area (Å²) >= 11 is 0. The molecule has 0 spiro atoms. The summed E-state index contributed by atoms with van der Waals surface area (Å²) < 4.78 is 39.8. The number of nitrogens with one attached hydrogen (secondary N) is 2. The van der Waals surface area contributed by atoms with Crippen LogP contribution in [0.2, 0.25) is 0 Å². The molecule has 6 N–H and O–H groups in total. The molecular formula is C26H28FN5O3S. The minimum Gasteiger partial charge on any atom is -0.382 e. The molecule has 0 unspecified atom stereocenters. The molecule has 0 saturated carbocycles. The summed E-state index contributed by atoms with van der Waals surface area (Å²) in [6, 6.07) is 20.3. The zero-order valence-electron chi connectivity index (χ0n) is 19.3. The minimum absolute atomic E-state index is 0. The lowest BCUT2D eigenvalue weighted by molar-refractivity contribution is 0.102.